The summed E-state index contributed by atoms with van der Waals surface area (Å²) in [7, 11) is 2.42. The molecule has 0 saturated carbocycles. The molecule has 0 aromatic heterocycles. The average molecular weight is 392 g/mol. The van der Waals surface area contributed by atoms with Crippen molar-refractivity contribution in [3.8, 4) is 0 Å². The zero-order valence-corrected chi connectivity index (χ0v) is 16.0. The van der Waals surface area contributed by atoms with E-state index in [-0.39, 0.29) is 6.61 Å². The van der Waals surface area contributed by atoms with Gasteiger partial charge < -0.3 is 33.2 Å². The van der Waals surface area contributed by atoms with E-state index in [0.29, 0.717) is 0 Å². The van der Waals surface area contributed by atoms with Gasteiger partial charge in [0, 0.05) is 41.9 Å². The molecule has 0 aliphatic carbocycles. The highest BCUT2D eigenvalue weighted by atomic mass is 16.9. The van der Waals surface area contributed by atoms with E-state index in [9.17, 15) is 19.2 Å². The molecule has 154 valence electrons. The molecule has 1 aliphatic rings. The van der Waals surface area contributed by atoms with Crippen molar-refractivity contribution in [1.82, 2.24) is 0 Å². The number of esters is 4. The standard InChI is InChI=1S/C16H24O11/c1-8(17)23-7-12-13(24-9(2)18)14(25-10(3)19)15(26-11(4)20)16(21-5,22-6)27-12/h12-15H,7H2,1-6H3/t12-,13-,14+,15-/m1/s1. The van der Waals surface area contributed by atoms with Gasteiger partial charge in [0.2, 0.25) is 6.10 Å². The van der Waals surface area contributed by atoms with Gasteiger partial charge in [0.05, 0.1) is 0 Å². The molecule has 1 saturated heterocycles. The summed E-state index contributed by atoms with van der Waals surface area (Å²) >= 11 is 0. The van der Waals surface area contributed by atoms with Crippen molar-refractivity contribution in [1.29, 1.82) is 0 Å². The molecule has 0 radical (unpaired) electrons. The Hall–Kier alpha value is -2.24. The first-order valence-electron chi connectivity index (χ1n) is 7.99. The molecule has 1 rings (SSSR count). The summed E-state index contributed by atoms with van der Waals surface area (Å²) in [6.07, 6.45) is -5.21. The second-order valence-electron chi connectivity index (χ2n) is 5.65. The fourth-order valence-electron chi connectivity index (χ4n) is 2.64. The van der Waals surface area contributed by atoms with Gasteiger partial charge in [0.1, 0.15) is 12.7 Å². The Bertz CT molecular complexity index is 569. The SMILES string of the molecule is COC1(OC)O[C@H](COC(C)=O)[C@@H](OC(C)=O)[C@H](OC(C)=O)[C@H]1OC(C)=O. The van der Waals surface area contributed by atoms with Gasteiger partial charge in [0.25, 0.3) is 0 Å². The second kappa shape index (κ2) is 9.62. The fourth-order valence-corrected chi connectivity index (χ4v) is 2.64. The van der Waals surface area contributed by atoms with E-state index in [1.807, 2.05) is 0 Å². The fraction of sp³-hybridized carbons (Fsp3) is 0.750. The topological polar surface area (TPSA) is 133 Å². The minimum atomic E-state index is -2.01. The van der Waals surface area contributed by atoms with Crippen molar-refractivity contribution in [2.45, 2.75) is 58.1 Å². The number of ether oxygens (including phenoxy) is 7. The van der Waals surface area contributed by atoms with E-state index in [1.54, 1.807) is 0 Å². The first-order valence-corrected chi connectivity index (χ1v) is 7.99. The molecular formula is C16H24O11. The number of carbonyl (C=O) groups is 4. The molecule has 0 aromatic rings. The molecule has 0 unspecified atom stereocenters. The number of hydrogen-bond acceptors (Lipinski definition) is 11. The van der Waals surface area contributed by atoms with Crippen LogP contribution < -0.4 is 0 Å². The third kappa shape index (κ3) is 5.88. The molecule has 1 fully saturated rings. The van der Waals surface area contributed by atoms with Crippen LogP contribution in [0, 0.1) is 0 Å². The molecule has 11 nitrogen and oxygen atoms in total. The van der Waals surface area contributed by atoms with Crippen LogP contribution in [-0.2, 0) is 52.3 Å². The van der Waals surface area contributed by atoms with Crippen LogP contribution in [0.2, 0.25) is 0 Å². The maximum Gasteiger partial charge on any atom is 0.326 e. The van der Waals surface area contributed by atoms with Crippen LogP contribution in [0.4, 0.5) is 0 Å². The van der Waals surface area contributed by atoms with Gasteiger partial charge in [-0.1, -0.05) is 0 Å². The molecule has 0 bridgehead atoms. The van der Waals surface area contributed by atoms with Crippen LogP contribution in [-0.4, -0.2) is 75.1 Å². The molecule has 4 atom stereocenters. The lowest BCUT2D eigenvalue weighted by Crippen LogP contribution is -2.69. The van der Waals surface area contributed by atoms with Gasteiger partial charge in [-0.2, -0.15) is 0 Å². The van der Waals surface area contributed by atoms with Crippen LogP contribution in [0.15, 0.2) is 0 Å². The van der Waals surface area contributed by atoms with Crippen LogP contribution >= 0.6 is 0 Å². The Morgan fingerprint density at radius 2 is 1.26 bits per heavy atom. The summed E-state index contributed by atoms with van der Waals surface area (Å²) < 4.78 is 36.8. The van der Waals surface area contributed by atoms with Crippen LogP contribution in [0.3, 0.4) is 0 Å². The van der Waals surface area contributed by atoms with Crippen molar-refractivity contribution in [3.05, 3.63) is 0 Å². The monoisotopic (exact) mass is 392 g/mol. The third-order valence-corrected chi connectivity index (χ3v) is 3.57. The minimum Gasteiger partial charge on any atom is -0.463 e. The Morgan fingerprint density at radius 3 is 1.67 bits per heavy atom. The normalized spacial score (nSPS) is 26.6. The van der Waals surface area contributed by atoms with Crippen LogP contribution in [0.1, 0.15) is 27.7 Å². The predicted octanol–water partition coefficient (Wildman–Crippen LogP) is -0.310. The summed E-state index contributed by atoms with van der Waals surface area (Å²) in [5.41, 5.74) is 0. The van der Waals surface area contributed by atoms with Gasteiger partial charge in [-0.05, 0) is 0 Å². The first-order chi connectivity index (χ1) is 12.6. The van der Waals surface area contributed by atoms with Gasteiger partial charge in [-0.3, -0.25) is 19.2 Å². The van der Waals surface area contributed by atoms with E-state index in [4.69, 9.17) is 33.2 Å². The third-order valence-electron chi connectivity index (χ3n) is 3.57. The summed E-state index contributed by atoms with van der Waals surface area (Å²) in [4.78, 5) is 45.9. The second-order valence-corrected chi connectivity index (χ2v) is 5.65. The lowest BCUT2D eigenvalue weighted by Gasteiger charge is -2.48. The Morgan fingerprint density at radius 1 is 0.778 bits per heavy atom. The predicted molar refractivity (Wildman–Crippen MR) is 84.9 cm³/mol. The van der Waals surface area contributed by atoms with E-state index >= 15 is 0 Å². The van der Waals surface area contributed by atoms with Crippen molar-refractivity contribution in [2.24, 2.45) is 0 Å². The largest absolute Gasteiger partial charge is 0.463 e. The lowest BCUT2D eigenvalue weighted by molar-refractivity contribution is -0.448. The highest BCUT2D eigenvalue weighted by Crippen LogP contribution is 2.37. The van der Waals surface area contributed by atoms with Gasteiger partial charge in [-0.15, -0.1) is 0 Å². The number of rotatable bonds is 7. The maximum absolute atomic E-state index is 11.6. The molecule has 1 aliphatic heterocycles. The van der Waals surface area contributed by atoms with E-state index < -0.39 is 54.3 Å². The molecule has 27 heavy (non-hydrogen) atoms. The molecule has 0 spiro atoms. The van der Waals surface area contributed by atoms with Crippen molar-refractivity contribution in [3.63, 3.8) is 0 Å². The summed E-state index contributed by atoms with van der Waals surface area (Å²) in [5, 5.41) is 0. The zero-order chi connectivity index (χ0) is 20.8. The number of hydrogen-bond donors (Lipinski definition) is 0. The lowest BCUT2D eigenvalue weighted by atomic mass is 9.96. The van der Waals surface area contributed by atoms with Crippen LogP contribution in [0.25, 0.3) is 0 Å². The quantitative estimate of drug-likeness (QED) is 0.321. The van der Waals surface area contributed by atoms with Gasteiger partial charge in [0.15, 0.2) is 12.2 Å². The van der Waals surface area contributed by atoms with Crippen molar-refractivity contribution in [2.75, 3.05) is 20.8 Å². The molecule has 0 N–H and O–H groups in total. The van der Waals surface area contributed by atoms with Gasteiger partial charge in [-0.25, -0.2) is 0 Å². The number of methoxy groups -OCH3 is 2. The molecule has 0 amide bonds. The van der Waals surface area contributed by atoms with E-state index in [2.05, 4.69) is 0 Å². The Kier molecular flexibility index (Phi) is 8.13. The smallest absolute Gasteiger partial charge is 0.326 e. The minimum absolute atomic E-state index is 0.369. The highest BCUT2D eigenvalue weighted by Gasteiger charge is 2.61. The molecular weight excluding hydrogens is 368 g/mol. The Balaban J connectivity index is 3.41. The maximum atomic E-state index is 11.6. The van der Waals surface area contributed by atoms with Crippen molar-refractivity contribution < 1.29 is 52.3 Å². The zero-order valence-electron chi connectivity index (χ0n) is 16.0. The summed E-state index contributed by atoms with van der Waals surface area (Å²) in [5.74, 6) is -4.85. The van der Waals surface area contributed by atoms with E-state index in [1.165, 1.54) is 21.1 Å². The first kappa shape index (κ1) is 22.8. The molecule has 0 aromatic carbocycles. The van der Waals surface area contributed by atoms with Crippen LogP contribution in [0.5, 0.6) is 0 Å². The molecule has 1 heterocycles. The average Bonchev–Trinajstić information content (AvgIpc) is 2.56. The molecule has 11 heteroatoms. The Labute approximate surface area is 156 Å². The van der Waals surface area contributed by atoms with E-state index in [0.717, 1.165) is 20.8 Å². The summed E-state index contributed by atoms with van der Waals surface area (Å²) in [6, 6.07) is 0. The van der Waals surface area contributed by atoms with Crippen molar-refractivity contribution >= 4 is 23.9 Å². The van der Waals surface area contributed by atoms with Gasteiger partial charge >= 0.3 is 29.9 Å². The number of carbonyl (C=O) groups excluding carboxylic acids is 4. The summed E-state index contributed by atoms with van der Waals surface area (Å²) in [6.45, 7) is 4.17. The highest BCUT2D eigenvalue weighted by molar-refractivity contribution is 5.68.